The Morgan fingerprint density at radius 1 is 1.32 bits per heavy atom. The van der Waals surface area contributed by atoms with Gasteiger partial charge in [0.25, 0.3) is 5.78 Å². The maximum Gasteiger partial charge on any atom is 0.253 e. The van der Waals surface area contributed by atoms with Crippen molar-refractivity contribution >= 4 is 23.3 Å². The highest BCUT2D eigenvalue weighted by atomic mass is 32.2. The summed E-state index contributed by atoms with van der Waals surface area (Å²) in [5.41, 5.74) is 3.99. The number of nitrogens with zero attached hydrogens (tertiary/aromatic N) is 4. The van der Waals surface area contributed by atoms with Crippen molar-refractivity contribution in [2.24, 2.45) is 0 Å². The molecule has 4 rings (SSSR count). The van der Waals surface area contributed by atoms with E-state index in [1.165, 1.54) is 22.9 Å². The maximum absolute atomic E-state index is 12.6. The second kappa shape index (κ2) is 6.44. The van der Waals surface area contributed by atoms with E-state index in [1.807, 2.05) is 6.08 Å². The average Bonchev–Trinajstić information content (AvgIpc) is 3.04. The molecule has 2 aromatic heterocycles. The van der Waals surface area contributed by atoms with Gasteiger partial charge in [-0.3, -0.25) is 4.79 Å². The van der Waals surface area contributed by atoms with Crippen LogP contribution in [0.1, 0.15) is 39.5 Å². The predicted octanol–water partition coefficient (Wildman–Crippen LogP) is 3.62. The molecule has 1 aliphatic rings. The van der Waals surface area contributed by atoms with Crippen LogP contribution >= 0.6 is 11.8 Å². The van der Waals surface area contributed by atoms with Crippen LogP contribution in [0.5, 0.6) is 0 Å². The highest BCUT2D eigenvalue weighted by molar-refractivity contribution is 7.99. The van der Waals surface area contributed by atoms with Gasteiger partial charge in [0, 0.05) is 18.4 Å². The number of ketones is 1. The summed E-state index contributed by atoms with van der Waals surface area (Å²) in [5.74, 6) is 1.57. The van der Waals surface area contributed by atoms with E-state index in [1.54, 1.807) is 10.7 Å². The molecule has 2 heterocycles. The third-order valence-corrected chi connectivity index (χ3v) is 5.33. The molecular weight excluding hydrogens is 332 g/mol. The molecule has 1 atom stereocenters. The number of rotatable bonds is 4. The average molecular weight is 350 g/mol. The molecule has 1 aromatic carbocycles. The fraction of sp³-hybridized carbons (Fsp3) is 0.263. The molecule has 0 saturated heterocycles. The van der Waals surface area contributed by atoms with E-state index >= 15 is 0 Å². The minimum absolute atomic E-state index is 0.122. The Morgan fingerprint density at radius 2 is 2.12 bits per heavy atom. The van der Waals surface area contributed by atoms with E-state index < -0.39 is 0 Å². The lowest BCUT2D eigenvalue weighted by Gasteiger charge is -2.23. The molecule has 25 heavy (non-hydrogen) atoms. The van der Waals surface area contributed by atoms with Crippen molar-refractivity contribution in [2.45, 2.75) is 30.8 Å². The molecule has 1 unspecified atom stereocenters. The quantitative estimate of drug-likeness (QED) is 0.531. The zero-order chi connectivity index (χ0) is 17.4. The van der Waals surface area contributed by atoms with Gasteiger partial charge in [-0.25, -0.2) is 4.98 Å². The second-order valence-electron chi connectivity index (χ2n) is 6.26. The molecule has 0 amide bonds. The van der Waals surface area contributed by atoms with Crippen LogP contribution in [0.2, 0.25) is 0 Å². The molecular formula is C19H18N4OS. The molecule has 5 nitrogen and oxygen atoms in total. The zero-order valence-electron chi connectivity index (χ0n) is 14.0. The lowest BCUT2D eigenvalue weighted by molar-refractivity contribution is 0.0962. The number of fused-ring (bicyclic) bond motifs is 3. The van der Waals surface area contributed by atoms with Crippen molar-refractivity contribution < 1.29 is 4.79 Å². The molecule has 0 fully saturated rings. The van der Waals surface area contributed by atoms with Gasteiger partial charge >= 0.3 is 0 Å². The van der Waals surface area contributed by atoms with E-state index in [0.29, 0.717) is 22.9 Å². The summed E-state index contributed by atoms with van der Waals surface area (Å²) in [7, 11) is 0. The molecule has 0 saturated carbocycles. The molecule has 1 aliphatic carbocycles. The third-order valence-electron chi connectivity index (χ3n) is 4.50. The zero-order valence-corrected chi connectivity index (χ0v) is 14.8. The molecule has 0 aliphatic heterocycles. The number of hydrogen-bond donors (Lipinski definition) is 0. The second-order valence-corrected chi connectivity index (χ2v) is 7.25. The summed E-state index contributed by atoms with van der Waals surface area (Å²) in [4.78, 5) is 21.4. The van der Waals surface area contributed by atoms with E-state index in [2.05, 4.69) is 52.8 Å². The number of thioether (sulfide) groups is 1. The summed E-state index contributed by atoms with van der Waals surface area (Å²) >= 11 is 1.51. The first kappa shape index (κ1) is 16.0. The van der Waals surface area contributed by atoms with Crippen molar-refractivity contribution in [3.05, 3.63) is 65.5 Å². The minimum Gasteiger partial charge on any atom is -0.294 e. The van der Waals surface area contributed by atoms with Gasteiger partial charge in [-0.2, -0.15) is 9.50 Å². The van der Waals surface area contributed by atoms with E-state index in [4.69, 9.17) is 0 Å². The smallest absolute Gasteiger partial charge is 0.253 e. The number of Topliss-reactive ketones (excluding diaryl/α,β-unsaturated/α-hetero) is 1. The first-order valence-corrected chi connectivity index (χ1v) is 9.22. The molecule has 6 heteroatoms. The molecule has 0 radical (unpaired) electrons. The van der Waals surface area contributed by atoms with Crippen LogP contribution in [-0.4, -0.2) is 31.1 Å². The number of hydrogen-bond acceptors (Lipinski definition) is 5. The maximum atomic E-state index is 12.6. The summed E-state index contributed by atoms with van der Waals surface area (Å²) < 4.78 is 1.74. The number of aryl methyl sites for hydroxylation is 1. The van der Waals surface area contributed by atoms with Crippen LogP contribution < -0.4 is 0 Å². The number of carbonyl (C=O) groups excluding carboxylic acids is 1. The largest absolute Gasteiger partial charge is 0.294 e. The first-order chi connectivity index (χ1) is 12.2. The predicted molar refractivity (Wildman–Crippen MR) is 98.3 cm³/mol. The van der Waals surface area contributed by atoms with Crippen LogP contribution in [0.3, 0.4) is 0 Å². The highest BCUT2D eigenvalue weighted by Gasteiger charge is 2.29. The summed E-state index contributed by atoms with van der Waals surface area (Å²) in [6, 6.07) is 8.42. The monoisotopic (exact) mass is 350 g/mol. The van der Waals surface area contributed by atoms with E-state index in [9.17, 15) is 4.79 Å². The molecule has 0 bridgehead atoms. The first-order valence-electron chi connectivity index (χ1n) is 8.24. The summed E-state index contributed by atoms with van der Waals surface area (Å²) in [6.07, 6.45) is 4.74. The third kappa shape index (κ3) is 2.98. The lowest BCUT2D eigenvalue weighted by Crippen LogP contribution is -2.22. The molecule has 126 valence electrons. The van der Waals surface area contributed by atoms with Crippen LogP contribution in [0, 0.1) is 6.92 Å². The van der Waals surface area contributed by atoms with Gasteiger partial charge in [-0.15, -0.1) is 11.7 Å². The fourth-order valence-electron chi connectivity index (χ4n) is 3.20. The number of benzene rings is 1. The van der Waals surface area contributed by atoms with Gasteiger partial charge in [0.05, 0.1) is 11.3 Å². The molecule has 0 spiro atoms. The van der Waals surface area contributed by atoms with Gasteiger partial charge in [0.1, 0.15) is 0 Å². The SMILES string of the molecule is C=CCSc1nc2ncc3c(n2n1)CC(c1ccc(C)cc1)CC3=O. The van der Waals surface area contributed by atoms with Crippen molar-refractivity contribution in [1.29, 1.82) is 0 Å². The normalized spacial score (nSPS) is 16.8. The minimum atomic E-state index is 0.122. The topological polar surface area (TPSA) is 60.1 Å². The highest BCUT2D eigenvalue weighted by Crippen LogP contribution is 2.32. The van der Waals surface area contributed by atoms with Gasteiger partial charge < -0.3 is 0 Å². The number of carbonyl (C=O) groups is 1. The molecule has 0 N–H and O–H groups in total. The Labute approximate surface area is 150 Å². The fourth-order valence-corrected chi connectivity index (χ4v) is 3.75. The Morgan fingerprint density at radius 3 is 2.88 bits per heavy atom. The van der Waals surface area contributed by atoms with Crippen molar-refractivity contribution in [2.75, 3.05) is 5.75 Å². The van der Waals surface area contributed by atoms with Crippen molar-refractivity contribution in [1.82, 2.24) is 19.6 Å². The van der Waals surface area contributed by atoms with E-state index in [0.717, 1.165) is 17.9 Å². The van der Waals surface area contributed by atoms with Gasteiger partial charge in [0.15, 0.2) is 5.78 Å². The summed E-state index contributed by atoms with van der Waals surface area (Å²) in [6.45, 7) is 5.78. The molecule has 3 aromatic rings. The van der Waals surface area contributed by atoms with Crippen LogP contribution in [-0.2, 0) is 6.42 Å². The van der Waals surface area contributed by atoms with Gasteiger partial charge in [-0.1, -0.05) is 47.7 Å². The van der Waals surface area contributed by atoms with Crippen LogP contribution in [0.4, 0.5) is 0 Å². The Hall–Kier alpha value is -2.47. The number of aromatic nitrogens is 4. The lowest BCUT2D eigenvalue weighted by atomic mass is 9.82. The van der Waals surface area contributed by atoms with Gasteiger partial charge in [0.2, 0.25) is 5.16 Å². The van der Waals surface area contributed by atoms with Crippen molar-refractivity contribution in [3.8, 4) is 0 Å². The Kier molecular flexibility index (Phi) is 4.13. The Balaban J connectivity index is 1.75. The Bertz CT molecular complexity index is 961. The van der Waals surface area contributed by atoms with E-state index in [-0.39, 0.29) is 11.7 Å². The van der Waals surface area contributed by atoms with Crippen molar-refractivity contribution in [3.63, 3.8) is 0 Å². The van der Waals surface area contributed by atoms with Crippen LogP contribution in [0.25, 0.3) is 5.78 Å². The summed E-state index contributed by atoms with van der Waals surface area (Å²) in [5, 5.41) is 5.20. The van der Waals surface area contributed by atoms with Gasteiger partial charge in [-0.05, 0) is 24.8 Å². The van der Waals surface area contributed by atoms with Crippen LogP contribution in [0.15, 0.2) is 48.3 Å². The standard InChI is InChI=1S/C19H18N4OS/c1-3-8-25-19-21-18-20-11-15-16(23(18)22-19)9-14(10-17(15)24)13-6-4-12(2)5-7-13/h3-7,11,14H,1,8-10H2,2H3.